The average Bonchev–Trinajstić information content (AvgIpc) is 2.82. The van der Waals surface area contributed by atoms with E-state index in [4.69, 9.17) is 9.72 Å². The normalized spacial score (nSPS) is 11.6. The molecule has 0 unspecified atom stereocenters. The number of pyridine rings is 2. The van der Waals surface area contributed by atoms with Gasteiger partial charge >= 0.3 is 0 Å². The van der Waals surface area contributed by atoms with Crippen molar-refractivity contribution in [2.45, 2.75) is 60.5 Å². The van der Waals surface area contributed by atoms with E-state index in [0.29, 0.717) is 39.9 Å². The molecular formula is C29H30F2N4O2. The Hall–Kier alpha value is -3.94. The summed E-state index contributed by atoms with van der Waals surface area (Å²) in [5.41, 5.74) is 4.46. The van der Waals surface area contributed by atoms with Crippen LogP contribution in [0.4, 0.5) is 8.78 Å². The summed E-state index contributed by atoms with van der Waals surface area (Å²) in [6, 6.07) is 6.91. The standard InChI is InChI=1S/C29H30F2N4O2/c1-16-13-32-23(26-17(2)14-33-28(34-26)29(5,6)7)12-24(16)35-18(3)10-25(19(4)27(35)36)37-15-20-8-9-21(30)11-22(20)31/h8-14H,15H2,1-7H3. The lowest BCUT2D eigenvalue weighted by atomic mass is 9.95. The molecule has 0 aliphatic carbocycles. The fourth-order valence-corrected chi connectivity index (χ4v) is 3.99. The molecule has 0 saturated carbocycles. The van der Waals surface area contributed by atoms with Gasteiger partial charge in [-0.1, -0.05) is 20.8 Å². The van der Waals surface area contributed by atoms with Crippen LogP contribution in [-0.4, -0.2) is 19.5 Å². The molecule has 1 aromatic carbocycles. The van der Waals surface area contributed by atoms with Crippen LogP contribution in [-0.2, 0) is 12.0 Å². The van der Waals surface area contributed by atoms with E-state index in [0.717, 1.165) is 17.2 Å². The molecule has 0 bridgehead atoms. The lowest BCUT2D eigenvalue weighted by molar-refractivity contribution is 0.296. The zero-order valence-corrected chi connectivity index (χ0v) is 22.1. The second-order valence-electron chi connectivity index (χ2n) is 10.3. The third-order valence-electron chi connectivity index (χ3n) is 6.19. The van der Waals surface area contributed by atoms with E-state index in [1.54, 1.807) is 36.9 Å². The second kappa shape index (κ2) is 9.84. The van der Waals surface area contributed by atoms with Crippen LogP contribution < -0.4 is 10.3 Å². The van der Waals surface area contributed by atoms with Crippen molar-refractivity contribution in [3.05, 3.63) is 98.5 Å². The fourth-order valence-electron chi connectivity index (χ4n) is 3.99. The highest BCUT2D eigenvalue weighted by Crippen LogP contribution is 2.28. The van der Waals surface area contributed by atoms with Crippen molar-refractivity contribution in [3.63, 3.8) is 0 Å². The maximum absolute atomic E-state index is 14.0. The average molecular weight is 505 g/mol. The molecule has 6 nitrogen and oxygen atoms in total. The summed E-state index contributed by atoms with van der Waals surface area (Å²) in [7, 11) is 0. The highest BCUT2D eigenvalue weighted by molar-refractivity contribution is 5.62. The van der Waals surface area contributed by atoms with Gasteiger partial charge in [0.2, 0.25) is 0 Å². The van der Waals surface area contributed by atoms with Crippen molar-refractivity contribution in [1.82, 2.24) is 19.5 Å². The van der Waals surface area contributed by atoms with Gasteiger partial charge in [0.05, 0.1) is 22.6 Å². The minimum atomic E-state index is -0.697. The highest BCUT2D eigenvalue weighted by atomic mass is 19.1. The first-order valence-electron chi connectivity index (χ1n) is 12.0. The van der Waals surface area contributed by atoms with Crippen LogP contribution in [0.25, 0.3) is 17.1 Å². The number of aryl methyl sites for hydroxylation is 3. The smallest absolute Gasteiger partial charge is 0.261 e. The topological polar surface area (TPSA) is 69.9 Å². The predicted molar refractivity (Wildman–Crippen MR) is 139 cm³/mol. The number of ether oxygens (including phenoxy) is 1. The van der Waals surface area contributed by atoms with E-state index in [9.17, 15) is 13.6 Å². The minimum Gasteiger partial charge on any atom is -0.488 e. The van der Waals surface area contributed by atoms with Gasteiger partial charge in [-0.2, -0.15) is 0 Å². The number of aromatic nitrogens is 4. The predicted octanol–water partition coefficient (Wildman–Crippen LogP) is 6.08. The van der Waals surface area contributed by atoms with Crippen molar-refractivity contribution >= 4 is 0 Å². The van der Waals surface area contributed by atoms with Gasteiger partial charge in [-0.05, 0) is 57.0 Å². The zero-order valence-electron chi connectivity index (χ0n) is 22.1. The van der Waals surface area contributed by atoms with Gasteiger partial charge in [-0.25, -0.2) is 18.7 Å². The summed E-state index contributed by atoms with van der Waals surface area (Å²) in [5, 5.41) is 0. The first kappa shape index (κ1) is 26.1. The summed E-state index contributed by atoms with van der Waals surface area (Å²) in [5.74, 6) is -0.303. The van der Waals surface area contributed by atoms with Crippen molar-refractivity contribution < 1.29 is 13.5 Å². The third kappa shape index (κ3) is 5.28. The Morgan fingerprint density at radius 2 is 1.65 bits per heavy atom. The number of halogens is 2. The van der Waals surface area contributed by atoms with E-state index < -0.39 is 11.6 Å². The Bertz CT molecular complexity index is 1560. The van der Waals surface area contributed by atoms with Crippen LogP contribution >= 0.6 is 0 Å². The fraction of sp³-hybridized carbons (Fsp3) is 0.310. The monoisotopic (exact) mass is 504 g/mol. The first-order chi connectivity index (χ1) is 17.4. The molecule has 0 saturated heterocycles. The van der Waals surface area contributed by atoms with Gasteiger partial charge in [-0.15, -0.1) is 0 Å². The molecule has 0 radical (unpaired) electrons. The molecule has 4 aromatic rings. The van der Waals surface area contributed by atoms with Crippen LogP contribution in [0.15, 0.2) is 47.5 Å². The van der Waals surface area contributed by atoms with Gasteiger partial charge in [0, 0.05) is 41.2 Å². The number of hydrogen-bond acceptors (Lipinski definition) is 5. The lowest BCUT2D eigenvalue weighted by Gasteiger charge is -2.19. The quantitative estimate of drug-likeness (QED) is 0.330. The zero-order chi connectivity index (χ0) is 27.1. The highest BCUT2D eigenvalue weighted by Gasteiger charge is 2.21. The van der Waals surface area contributed by atoms with Gasteiger partial charge < -0.3 is 4.74 Å². The molecule has 0 aliphatic heterocycles. The largest absolute Gasteiger partial charge is 0.488 e. The van der Waals surface area contributed by atoms with Crippen LogP contribution in [0, 0.1) is 39.3 Å². The molecule has 3 heterocycles. The number of hydrogen-bond donors (Lipinski definition) is 0. The van der Waals surface area contributed by atoms with Gasteiger partial charge in [0.15, 0.2) is 0 Å². The summed E-state index contributed by atoms with van der Waals surface area (Å²) in [6.07, 6.45) is 3.52. The molecule has 0 fully saturated rings. The molecule has 3 aromatic heterocycles. The van der Waals surface area contributed by atoms with E-state index in [1.807, 2.05) is 19.9 Å². The molecule has 8 heteroatoms. The van der Waals surface area contributed by atoms with E-state index in [2.05, 4.69) is 30.7 Å². The summed E-state index contributed by atoms with van der Waals surface area (Å²) in [6.45, 7) is 13.3. The Kier molecular flexibility index (Phi) is 6.95. The molecule has 4 rings (SSSR count). The molecule has 0 amide bonds. The number of benzene rings is 1. The van der Waals surface area contributed by atoms with Crippen molar-refractivity contribution in [2.24, 2.45) is 0 Å². The third-order valence-corrected chi connectivity index (χ3v) is 6.19. The van der Waals surface area contributed by atoms with Crippen LogP contribution in [0.3, 0.4) is 0 Å². The maximum Gasteiger partial charge on any atom is 0.261 e. The number of rotatable bonds is 5. The maximum atomic E-state index is 14.0. The summed E-state index contributed by atoms with van der Waals surface area (Å²) < 4.78 is 34.6. The van der Waals surface area contributed by atoms with Gasteiger partial charge in [0.1, 0.15) is 29.8 Å². The molecule has 0 atom stereocenters. The van der Waals surface area contributed by atoms with E-state index >= 15 is 0 Å². The Labute approximate surface area is 215 Å². The minimum absolute atomic E-state index is 0.128. The molecule has 0 spiro atoms. The van der Waals surface area contributed by atoms with Gasteiger partial charge in [0.25, 0.3) is 5.56 Å². The summed E-state index contributed by atoms with van der Waals surface area (Å²) in [4.78, 5) is 27.4. The Morgan fingerprint density at radius 3 is 2.32 bits per heavy atom. The molecule has 0 N–H and O–H groups in total. The van der Waals surface area contributed by atoms with Crippen LogP contribution in [0.5, 0.6) is 5.75 Å². The molecule has 37 heavy (non-hydrogen) atoms. The van der Waals surface area contributed by atoms with Crippen molar-refractivity contribution in [1.29, 1.82) is 0 Å². The lowest BCUT2D eigenvalue weighted by Crippen LogP contribution is -2.24. The van der Waals surface area contributed by atoms with Gasteiger partial charge in [-0.3, -0.25) is 14.3 Å². The molecule has 0 aliphatic rings. The number of nitrogens with zero attached hydrogens (tertiary/aromatic N) is 4. The summed E-state index contributed by atoms with van der Waals surface area (Å²) >= 11 is 0. The van der Waals surface area contributed by atoms with E-state index in [-0.39, 0.29) is 23.1 Å². The molecular weight excluding hydrogens is 474 g/mol. The van der Waals surface area contributed by atoms with Crippen LogP contribution in [0.2, 0.25) is 0 Å². The van der Waals surface area contributed by atoms with Crippen molar-refractivity contribution in [3.8, 4) is 22.8 Å². The Balaban J connectivity index is 1.75. The first-order valence-corrected chi connectivity index (χ1v) is 12.0. The Morgan fingerprint density at radius 1 is 0.946 bits per heavy atom. The SMILES string of the molecule is Cc1cnc(-c2nc(C(C)(C)C)ncc2C)cc1-n1c(C)cc(OCc2ccc(F)cc2F)c(C)c1=O. The van der Waals surface area contributed by atoms with E-state index in [1.165, 1.54) is 12.1 Å². The molecule has 192 valence electrons. The second-order valence-corrected chi connectivity index (χ2v) is 10.3. The van der Waals surface area contributed by atoms with Crippen molar-refractivity contribution in [2.75, 3.05) is 0 Å². The van der Waals surface area contributed by atoms with Crippen LogP contribution in [0.1, 0.15) is 54.5 Å².